The molecule has 0 bridgehead atoms. The number of nitrogens with zero attached hydrogens (tertiary/aromatic N) is 1. The lowest BCUT2D eigenvalue weighted by Crippen LogP contribution is -2.38. The number of aryl methyl sites for hydroxylation is 1. The van der Waals surface area contributed by atoms with Crippen LogP contribution in [0.4, 0.5) is 5.69 Å². The van der Waals surface area contributed by atoms with E-state index in [0.29, 0.717) is 40.5 Å². The van der Waals surface area contributed by atoms with E-state index < -0.39 is 5.41 Å². The van der Waals surface area contributed by atoms with E-state index in [1.165, 1.54) is 0 Å². The van der Waals surface area contributed by atoms with Crippen LogP contribution in [0.5, 0.6) is 5.88 Å². The Kier molecular flexibility index (Phi) is 6.81. The second-order valence-corrected chi connectivity index (χ2v) is 7.83. The Morgan fingerprint density at radius 2 is 1.93 bits per heavy atom. The van der Waals surface area contributed by atoms with Crippen LogP contribution in [0.25, 0.3) is 0 Å². The van der Waals surface area contributed by atoms with E-state index in [-0.39, 0.29) is 5.91 Å². The minimum absolute atomic E-state index is 0.0628. The molecule has 0 aliphatic heterocycles. The number of rotatable bonds is 7. The molecule has 1 aromatic carbocycles. The van der Waals surface area contributed by atoms with E-state index in [0.717, 1.165) is 31.2 Å². The molecular weight excluding hydrogens is 399 g/mol. The quantitative estimate of drug-likeness (QED) is 0.624. The Bertz CT molecular complexity index is 852. The first-order valence-corrected chi connectivity index (χ1v) is 10.1. The number of benzene rings is 1. The molecule has 5 nitrogen and oxygen atoms in total. The predicted molar refractivity (Wildman–Crippen MR) is 112 cm³/mol. The van der Waals surface area contributed by atoms with Crippen molar-refractivity contribution >= 4 is 34.8 Å². The lowest BCUT2D eigenvalue weighted by atomic mass is 9.78. The SMILES string of the molecule is COCCOc1ccc(NC(=O)C2(c3ccc(Cl)cc3Cl)CCCC2)c(C)n1. The minimum atomic E-state index is -0.651. The number of carbonyl (C=O) groups is 1. The Balaban J connectivity index is 1.82. The molecule has 28 heavy (non-hydrogen) atoms. The Morgan fingerprint density at radius 1 is 1.18 bits per heavy atom. The summed E-state index contributed by atoms with van der Waals surface area (Å²) in [6.45, 7) is 2.76. The van der Waals surface area contributed by atoms with Crippen molar-refractivity contribution in [2.75, 3.05) is 25.6 Å². The summed E-state index contributed by atoms with van der Waals surface area (Å²) in [5.74, 6) is 0.441. The van der Waals surface area contributed by atoms with Gasteiger partial charge < -0.3 is 14.8 Å². The number of methoxy groups -OCH3 is 1. The summed E-state index contributed by atoms with van der Waals surface area (Å²) in [5.41, 5.74) is 1.54. The predicted octanol–water partition coefficient (Wildman–Crippen LogP) is 5.17. The fourth-order valence-electron chi connectivity index (χ4n) is 3.70. The number of hydrogen-bond donors (Lipinski definition) is 1. The third kappa shape index (κ3) is 4.43. The number of ether oxygens (including phenoxy) is 2. The van der Waals surface area contributed by atoms with E-state index in [1.807, 2.05) is 19.1 Å². The second kappa shape index (κ2) is 9.12. The van der Waals surface area contributed by atoms with Crippen LogP contribution in [-0.2, 0) is 14.9 Å². The molecule has 7 heteroatoms. The molecule has 1 aliphatic carbocycles. The van der Waals surface area contributed by atoms with Crippen molar-refractivity contribution < 1.29 is 14.3 Å². The van der Waals surface area contributed by atoms with Crippen molar-refractivity contribution in [3.05, 3.63) is 51.6 Å². The molecule has 1 aliphatic rings. The van der Waals surface area contributed by atoms with Gasteiger partial charge in [-0.05, 0) is 43.5 Å². The summed E-state index contributed by atoms with van der Waals surface area (Å²) < 4.78 is 10.5. The molecule has 1 heterocycles. The summed E-state index contributed by atoms with van der Waals surface area (Å²) in [6.07, 6.45) is 3.47. The Labute approximate surface area is 175 Å². The maximum absolute atomic E-state index is 13.3. The topological polar surface area (TPSA) is 60.5 Å². The Hall–Kier alpha value is -1.82. The number of nitrogens with one attached hydrogen (secondary N) is 1. The van der Waals surface area contributed by atoms with Crippen molar-refractivity contribution in [2.24, 2.45) is 0 Å². The van der Waals surface area contributed by atoms with Crippen LogP contribution < -0.4 is 10.1 Å². The number of pyridine rings is 1. The fraction of sp³-hybridized carbons (Fsp3) is 0.429. The average molecular weight is 423 g/mol. The van der Waals surface area contributed by atoms with Crippen LogP contribution in [0, 0.1) is 6.92 Å². The van der Waals surface area contributed by atoms with Gasteiger partial charge in [-0.15, -0.1) is 0 Å². The number of hydrogen-bond acceptors (Lipinski definition) is 4. The van der Waals surface area contributed by atoms with Gasteiger partial charge in [0.25, 0.3) is 0 Å². The first-order chi connectivity index (χ1) is 13.5. The number of carbonyl (C=O) groups excluding carboxylic acids is 1. The molecule has 150 valence electrons. The van der Waals surface area contributed by atoms with E-state index in [2.05, 4.69) is 10.3 Å². The smallest absolute Gasteiger partial charge is 0.235 e. The highest BCUT2D eigenvalue weighted by atomic mass is 35.5. The molecule has 0 saturated heterocycles. The van der Waals surface area contributed by atoms with Crippen molar-refractivity contribution in [2.45, 2.75) is 38.0 Å². The maximum Gasteiger partial charge on any atom is 0.235 e. The summed E-state index contributed by atoms with van der Waals surface area (Å²) in [6, 6.07) is 8.91. The van der Waals surface area contributed by atoms with Crippen molar-refractivity contribution in [3.8, 4) is 5.88 Å². The minimum Gasteiger partial charge on any atom is -0.475 e. The summed E-state index contributed by atoms with van der Waals surface area (Å²) >= 11 is 12.5. The number of amides is 1. The third-order valence-electron chi connectivity index (χ3n) is 5.18. The molecule has 1 N–H and O–H groups in total. The molecule has 1 fully saturated rings. The Morgan fingerprint density at radius 3 is 2.57 bits per heavy atom. The molecule has 1 aromatic heterocycles. The lowest BCUT2D eigenvalue weighted by Gasteiger charge is -2.29. The van der Waals surface area contributed by atoms with Crippen molar-refractivity contribution in [3.63, 3.8) is 0 Å². The van der Waals surface area contributed by atoms with Crippen molar-refractivity contribution in [1.82, 2.24) is 4.98 Å². The molecule has 2 aromatic rings. The van der Waals surface area contributed by atoms with Gasteiger partial charge in [0.1, 0.15) is 6.61 Å². The van der Waals surface area contributed by atoms with Gasteiger partial charge >= 0.3 is 0 Å². The van der Waals surface area contributed by atoms with E-state index >= 15 is 0 Å². The van der Waals surface area contributed by atoms with Gasteiger partial charge in [-0.3, -0.25) is 4.79 Å². The molecule has 0 unspecified atom stereocenters. The first kappa shape index (κ1) is 20.9. The number of aromatic nitrogens is 1. The van der Waals surface area contributed by atoms with Gasteiger partial charge in [0.15, 0.2) is 0 Å². The third-order valence-corrected chi connectivity index (χ3v) is 5.73. The molecular formula is C21H24Cl2N2O3. The molecule has 1 saturated carbocycles. The molecule has 3 rings (SSSR count). The zero-order chi connectivity index (χ0) is 20.1. The zero-order valence-electron chi connectivity index (χ0n) is 16.1. The second-order valence-electron chi connectivity index (χ2n) is 6.99. The molecule has 0 radical (unpaired) electrons. The zero-order valence-corrected chi connectivity index (χ0v) is 17.6. The van der Waals surface area contributed by atoms with E-state index in [1.54, 1.807) is 25.3 Å². The van der Waals surface area contributed by atoms with E-state index in [9.17, 15) is 4.79 Å². The van der Waals surface area contributed by atoms with Crippen LogP contribution in [0.15, 0.2) is 30.3 Å². The van der Waals surface area contributed by atoms with Gasteiger partial charge in [0.05, 0.1) is 23.4 Å². The van der Waals surface area contributed by atoms with Crippen LogP contribution in [0.1, 0.15) is 36.9 Å². The molecule has 1 amide bonds. The standard InChI is InChI=1S/C21H24Cl2N2O3/c1-14-18(7-8-19(24-14)28-12-11-27-2)25-20(26)21(9-3-4-10-21)16-6-5-15(22)13-17(16)23/h5-8,13H,3-4,9-12H2,1-2H3,(H,25,26). The van der Waals surface area contributed by atoms with Gasteiger partial charge in [-0.1, -0.05) is 42.1 Å². The summed E-state index contributed by atoms with van der Waals surface area (Å²) in [5, 5.41) is 4.14. The van der Waals surface area contributed by atoms with Gasteiger partial charge in [0, 0.05) is 23.2 Å². The van der Waals surface area contributed by atoms with Crippen LogP contribution >= 0.6 is 23.2 Å². The summed E-state index contributed by atoms with van der Waals surface area (Å²) in [7, 11) is 1.62. The average Bonchev–Trinajstić information content (AvgIpc) is 3.15. The molecule has 0 atom stereocenters. The van der Waals surface area contributed by atoms with E-state index in [4.69, 9.17) is 32.7 Å². The highest BCUT2D eigenvalue weighted by Gasteiger charge is 2.44. The highest BCUT2D eigenvalue weighted by Crippen LogP contribution is 2.45. The monoisotopic (exact) mass is 422 g/mol. The van der Waals surface area contributed by atoms with Gasteiger partial charge in [-0.25, -0.2) is 4.98 Å². The highest BCUT2D eigenvalue weighted by molar-refractivity contribution is 6.35. The normalized spacial score (nSPS) is 15.4. The molecule has 0 spiro atoms. The largest absolute Gasteiger partial charge is 0.475 e. The number of halogens is 2. The van der Waals surface area contributed by atoms with Crippen LogP contribution in [-0.4, -0.2) is 31.2 Å². The lowest BCUT2D eigenvalue weighted by molar-refractivity contribution is -0.121. The first-order valence-electron chi connectivity index (χ1n) is 9.32. The van der Waals surface area contributed by atoms with Gasteiger partial charge in [0.2, 0.25) is 11.8 Å². The van der Waals surface area contributed by atoms with Crippen molar-refractivity contribution in [1.29, 1.82) is 0 Å². The summed E-state index contributed by atoms with van der Waals surface area (Å²) in [4.78, 5) is 17.8. The van der Waals surface area contributed by atoms with Crippen LogP contribution in [0.2, 0.25) is 10.0 Å². The maximum atomic E-state index is 13.3. The van der Waals surface area contributed by atoms with Gasteiger partial charge in [-0.2, -0.15) is 0 Å². The van der Waals surface area contributed by atoms with Crippen LogP contribution in [0.3, 0.4) is 0 Å². The fourth-order valence-corrected chi connectivity index (χ4v) is 4.29. The number of anilines is 1.